The molecule has 1 rings (SSSR count). The molecule has 0 bridgehead atoms. The lowest BCUT2D eigenvalue weighted by molar-refractivity contribution is -0.157. The van der Waals surface area contributed by atoms with Crippen LogP contribution in [0.5, 0.6) is 0 Å². The Bertz CT molecular complexity index is 582. The minimum absolute atomic E-state index is 0.124. The predicted octanol–water partition coefficient (Wildman–Crippen LogP) is 2.99. The zero-order chi connectivity index (χ0) is 20.4. The number of benzene rings is 1. The van der Waals surface area contributed by atoms with E-state index < -0.39 is 17.6 Å². The summed E-state index contributed by atoms with van der Waals surface area (Å²) in [6.07, 6.45) is 1.17. The number of urea groups is 1. The fourth-order valence-electron chi connectivity index (χ4n) is 2.51. The number of rotatable bonds is 9. The van der Waals surface area contributed by atoms with Gasteiger partial charge in [0.1, 0.15) is 11.6 Å². The maximum Gasteiger partial charge on any atom is 0.329 e. The van der Waals surface area contributed by atoms with Crippen LogP contribution in [-0.2, 0) is 16.0 Å². The number of esters is 1. The quantitative estimate of drug-likeness (QED) is 0.648. The molecule has 2 amide bonds. The molecule has 152 valence electrons. The van der Waals surface area contributed by atoms with Crippen LogP contribution in [-0.4, -0.2) is 53.3 Å². The zero-order valence-electron chi connectivity index (χ0n) is 17.2. The van der Waals surface area contributed by atoms with Crippen molar-refractivity contribution in [2.45, 2.75) is 59.1 Å². The number of aliphatic hydroxyl groups excluding tert-OH is 1. The van der Waals surface area contributed by atoms with Crippen LogP contribution >= 0.6 is 0 Å². The number of nitrogens with one attached hydrogen (secondary N) is 1. The van der Waals surface area contributed by atoms with E-state index in [-0.39, 0.29) is 19.2 Å². The lowest BCUT2D eigenvalue weighted by Crippen LogP contribution is -2.51. The third kappa shape index (κ3) is 9.43. The van der Waals surface area contributed by atoms with E-state index in [9.17, 15) is 14.7 Å². The lowest BCUT2D eigenvalue weighted by atomic mass is 10.1. The second-order valence-corrected chi connectivity index (χ2v) is 8.12. The van der Waals surface area contributed by atoms with E-state index in [1.165, 1.54) is 0 Å². The van der Waals surface area contributed by atoms with E-state index in [1.54, 1.807) is 25.7 Å². The van der Waals surface area contributed by atoms with Crippen LogP contribution in [0.15, 0.2) is 30.3 Å². The van der Waals surface area contributed by atoms with Crippen LogP contribution < -0.4 is 5.32 Å². The SMILES string of the molecule is CC(C)CCN(CCO)C(=O)N[C@@H](Cc1ccccc1)C(=O)OC(C)(C)C. The van der Waals surface area contributed by atoms with Crippen LogP contribution in [0.1, 0.15) is 46.6 Å². The average Bonchev–Trinajstić information content (AvgIpc) is 2.57. The summed E-state index contributed by atoms with van der Waals surface area (Å²) in [6.45, 7) is 10.2. The molecule has 1 aromatic carbocycles. The van der Waals surface area contributed by atoms with E-state index in [4.69, 9.17) is 4.74 Å². The third-order valence-corrected chi connectivity index (χ3v) is 3.91. The zero-order valence-corrected chi connectivity index (χ0v) is 17.2. The Balaban J connectivity index is 2.89. The van der Waals surface area contributed by atoms with Gasteiger partial charge in [-0.3, -0.25) is 0 Å². The highest BCUT2D eigenvalue weighted by Gasteiger charge is 2.28. The van der Waals surface area contributed by atoms with Crippen molar-refractivity contribution in [1.29, 1.82) is 0 Å². The molecule has 1 aromatic rings. The first kappa shape index (κ1) is 23.0. The number of hydrogen-bond donors (Lipinski definition) is 2. The van der Waals surface area contributed by atoms with Gasteiger partial charge in [0.25, 0.3) is 0 Å². The molecule has 0 saturated heterocycles. The molecule has 0 fully saturated rings. The van der Waals surface area contributed by atoms with Gasteiger partial charge in [0.2, 0.25) is 0 Å². The van der Waals surface area contributed by atoms with Crippen molar-refractivity contribution in [2.24, 2.45) is 5.92 Å². The van der Waals surface area contributed by atoms with Crippen LogP contribution in [0, 0.1) is 5.92 Å². The number of amides is 2. The smallest absolute Gasteiger partial charge is 0.329 e. The summed E-state index contributed by atoms with van der Waals surface area (Å²) < 4.78 is 5.49. The highest BCUT2D eigenvalue weighted by molar-refractivity contribution is 5.84. The number of nitrogens with zero attached hydrogens (tertiary/aromatic N) is 1. The maximum absolute atomic E-state index is 12.7. The predicted molar refractivity (Wildman–Crippen MR) is 106 cm³/mol. The van der Waals surface area contributed by atoms with E-state index in [0.717, 1.165) is 12.0 Å². The average molecular weight is 379 g/mol. The summed E-state index contributed by atoms with van der Waals surface area (Å²) in [7, 11) is 0. The summed E-state index contributed by atoms with van der Waals surface area (Å²) >= 11 is 0. The molecule has 1 atom stereocenters. The maximum atomic E-state index is 12.7. The monoisotopic (exact) mass is 378 g/mol. The van der Waals surface area contributed by atoms with Crippen LogP contribution in [0.2, 0.25) is 0 Å². The highest BCUT2D eigenvalue weighted by atomic mass is 16.6. The minimum Gasteiger partial charge on any atom is -0.458 e. The van der Waals surface area contributed by atoms with E-state index >= 15 is 0 Å². The Labute approximate surface area is 162 Å². The number of carbonyl (C=O) groups excluding carboxylic acids is 2. The normalized spacial score (nSPS) is 12.6. The van der Waals surface area contributed by atoms with Crippen molar-refractivity contribution >= 4 is 12.0 Å². The Kier molecular flexibility index (Phi) is 9.29. The molecular weight excluding hydrogens is 344 g/mol. The van der Waals surface area contributed by atoms with Gasteiger partial charge in [-0.2, -0.15) is 0 Å². The summed E-state index contributed by atoms with van der Waals surface area (Å²) in [5.41, 5.74) is 0.295. The number of hydrogen-bond acceptors (Lipinski definition) is 4. The molecular formula is C21H34N2O4. The standard InChI is InChI=1S/C21H34N2O4/c1-16(2)11-12-23(13-14-24)20(26)22-18(19(25)27-21(3,4)5)15-17-9-7-6-8-10-17/h6-10,16,18,24H,11-15H2,1-5H3,(H,22,26)/t18-/m0/s1. The Morgan fingerprint density at radius 3 is 2.30 bits per heavy atom. The van der Waals surface area contributed by atoms with E-state index in [0.29, 0.717) is 18.9 Å². The number of ether oxygens (including phenoxy) is 1. The van der Waals surface area contributed by atoms with Crippen molar-refractivity contribution < 1.29 is 19.4 Å². The van der Waals surface area contributed by atoms with Crippen molar-refractivity contribution in [1.82, 2.24) is 10.2 Å². The highest BCUT2D eigenvalue weighted by Crippen LogP contribution is 2.12. The Morgan fingerprint density at radius 1 is 1.15 bits per heavy atom. The van der Waals surface area contributed by atoms with Gasteiger partial charge in [0.05, 0.1) is 6.61 Å². The first-order valence-electron chi connectivity index (χ1n) is 9.55. The molecule has 0 radical (unpaired) electrons. The molecule has 6 nitrogen and oxygen atoms in total. The molecule has 6 heteroatoms. The molecule has 0 aliphatic heterocycles. The first-order valence-corrected chi connectivity index (χ1v) is 9.55. The molecule has 0 aliphatic rings. The molecule has 0 aliphatic carbocycles. The van der Waals surface area contributed by atoms with Gasteiger partial charge in [-0.25, -0.2) is 9.59 Å². The van der Waals surface area contributed by atoms with Crippen molar-refractivity contribution in [3.63, 3.8) is 0 Å². The van der Waals surface area contributed by atoms with Gasteiger partial charge in [-0.15, -0.1) is 0 Å². The molecule has 0 saturated carbocycles. The van der Waals surface area contributed by atoms with Crippen molar-refractivity contribution in [3.05, 3.63) is 35.9 Å². The fourth-order valence-corrected chi connectivity index (χ4v) is 2.51. The summed E-state index contributed by atoms with van der Waals surface area (Å²) in [6, 6.07) is 8.35. The fraction of sp³-hybridized carbons (Fsp3) is 0.619. The van der Waals surface area contributed by atoms with Crippen LogP contribution in [0.3, 0.4) is 0 Å². The number of carbonyl (C=O) groups is 2. The van der Waals surface area contributed by atoms with Gasteiger partial charge in [0.15, 0.2) is 0 Å². The Hall–Kier alpha value is -2.08. The summed E-state index contributed by atoms with van der Waals surface area (Å²) in [5, 5.41) is 12.1. The second-order valence-electron chi connectivity index (χ2n) is 8.12. The Morgan fingerprint density at radius 2 is 1.78 bits per heavy atom. The van der Waals surface area contributed by atoms with Gasteiger partial charge in [-0.1, -0.05) is 44.2 Å². The van der Waals surface area contributed by atoms with E-state index in [1.807, 2.05) is 30.3 Å². The van der Waals surface area contributed by atoms with Gasteiger partial charge < -0.3 is 20.1 Å². The van der Waals surface area contributed by atoms with Crippen molar-refractivity contribution in [3.8, 4) is 0 Å². The summed E-state index contributed by atoms with van der Waals surface area (Å²) in [5.74, 6) is -0.0301. The topological polar surface area (TPSA) is 78.9 Å². The molecule has 0 aromatic heterocycles. The summed E-state index contributed by atoms with van der Waals surface area (Å²) in [4.78, 5) is 26.9. The van der Waals surface area contributed by atoms with E-state index in [2.05, 4.69) is 19.2 Å². The third-order valence-electron chi connectivity index (χ3n) is 3.91. The molecule has 27 heavy (non-hydrogen) atoms. The first-order chi connectivity index (χ1) is 12.6. The largest absolute Gasteiger partial charge is 0.458 e. The number of aliphatic hydroxyl groups is 1. The molecule has 0 spiro atoms. The second kappa shape index (κ2) is 10.9. The van der Waals surface area contributed by atoms with Gasteiger partial charge in [0, 0.05) is 19.5 Å². The van der Waals surface area contributed by atoms with Gasteiger partial charge in [-0.05, 0) is 38.7 Å². The molecule has 0 unspecified atom stereocenters. The molecule has 0 heterocycles. The molecule has 2 N–H and O–H groups in total. The van der Waals surface area contributed by atoms with Gasteiger partial charge >= 0.3 is 12.0 Å². The lowest BCUT2D eigenvalue weighted by Gasteiger charge is -2.28. The van der Waals surface area contributed by atoms with Crippen LogP contribution in [0.4, 0.5) is 4.79 Å². The van der Waals surface area contributed by atoms with Crippen LogP contribution in [0.25, 0.3) is 0 Å². The minimum atomic E-state index is -0.792. The van der Waals surface area contributed by atoms with Crippen molar-refractivity contribution in [2.75, 3.05) is 19.7 Å².